The SMILES string of the molecule is CNc1nc(O)c(/C=C2\C=Nc3c(Br)cccc32)n1C. The molecule has 0 saturated carbocycles. The van der Waals surface area contributed by atoms with Crippen molar-refractivity contribution in [1.29, 1.82) is 0 Å². The van der Waals surface area contributed by atoms with Crippen LogP contribution >= 0.6 is 15.9 Å². The average molecular weight is 333 g/mol. The quantitative estimate of drug-likeness (QED) is 0.887. The number of fused-ring (bicyclic) bond motifs is 1. The summed E-state index contributed by atoms with van der Waals surface area (Å²) in [6, 6.07) is 5.93. The number of benzene rings is 1. The maximum absolute atomic E-state index is 9.94. The van der Waals surface area contributed by atoms with Crippen molar-refractivity contribution in [2.45, 2.75) is 0 Å². The van der Waals surface area contributed by atoms with Crippen LogP contribution in [-0.2, 0) is 7.05 Å². The van der Waals surface area contributed by atoms with Gasteiger partial charge in [-0.25, -0.2) is 0 Å². The standard InChI is InChI=1S/C14H13BrN4O/c1-16-14-18-13(20)11(19(14)2)6-8-7-17-12-9(8)4-3-5-10(12)15/h3-7,20H,1-2H3,(H,16,18)/b8-6+. The maximum atomic E-state index is 9.94. The van der Waals surface area contributed by atoms with Gasteiger partial charge >= 0.3 is 0 Å². The molecule has 0 radical (unpaired) electrons. The zero-order chi connectivity index (χ0) is 14.3. The number of imidazole rings is 1. The molecule has 1 aliphatic heterocycles. The molecule has 0 saturated heterocycles. The minimum absolute atomic E-state index is 0.00111. The monoisotopic (exact) mass is 332 g/mol. The van der Waals surface area contributed by atoms with Gasteiger partial charge in [-0.3, -0.25) is 4.99 Å². The number of nitrogens with zero attached hydrogens (tertiary/aromatic N) is 3. The lowest BCUT2D eigenvalue weighted by Gasteiger charge is -2.03. The molecule has 1 aliphatic rings. The molecule has 1 aromatic heterocycles. The number of hydrogen-bond acceptors (Lipinski definition) is 4. The molecule has 3 rings (SSSR count). The summed E-state index contributed by atoms with van der Waals surface area (Å²) < 4.78 is 2.76. The van der Waals surface area contributed by atoms with Crippen LogP contribution < -0.4 is 5.32 Å². The van der Waals surface area contributed by atoms with E-state index in [9.17, 15) is 5.11 Å². The van der Waals surface area contributed by atoms with Crippen molar-refractivity contribution < 1.29 is 5.11 Å². The summed E-state index contributed by atoms with van der Waals surface area (Å²) in [4.78, 5) is 8.45. The molecule has 0 unspecified atom stereocenters. The first-order valence-corrected chi connectivity index (χ1v) is 6.89. The van der Waals surface area contributed by atoms with Crippen LogP contribution in [0.25, 0.3) is 11.6 Å². The largest absolute Gasteiger partial charge is 0.492 e. The van der Waals surface area contributed by atoms with E-state index in [1.807, 2.05) is 31.3 Å². The normalized spacial score (nSPS) is 14.8. The van der Waals surface area contributed by atoms with Crippen molar-refractivity contribution in [1.82, 2.24) is 9.55 Å². The van der Waals surface area contributed by atoms with Gasteiger partial charge in [-0.15, -0.1) is 0 Å². The lowest BCUT2D eigenvalue weighted by atomic mass is 10.1. The van der Waals surface area contributed by atoms with Crippen LogP contribution in [0, 0.1) is 0 Å². The number of halogens is 1. The van der Waals surface area contributed by atoms with E-state index in [0.29, 0.717) is 11.6 Å². The number of aromatic hydroxyl groups is 1. The Kier molecular flexibility index (Phi) is 3.10. The van der Waals surface area contributed by atoms with Crippen molar-refractivity contribution in [3.8, 4) is 5.88 Å². The fraction of sp³-hybridized carbons (Fsp3) is 0.143. The Bertz CT molecular complexity index is 746. The van der Waals surface area contributed by atoms with Crippen LogP contribution in [0.4, 0.5) is 11.6 Å². The minimum atomic E-state index is 0.00111. The predicted octanol–water partition coefficient (Wildman–Crippen LogP) is 3.19. The van der Waals surface area contributed by atoms with Gasteiger partial charge in [-0.1, -0.05) is 12.1 Å². The number of aliphatic imine (C=N–C) groups is 1. The smallest absolute Gasteiger partial charge is 0.238 e. The molecule has 6 heteroatoms. The molecular weight excluding hydrogens is 320 g/mol. The Hall–Kier alpha value is -2.08. The number of para-hydroxylation sites is 1. The average Bonchev–Trinajstić information content (AvgIpc) is 2.96. The summed E-state index contributed by atoms with van der Waals surface area (Å²) in [7, 11) is 3.61. The van der Waals surface area contributed by atoms with Crippen LogP contribution in [0.1, 0.15) is 11.3 Å². The first kappa shape index (κ1) is 12.9. The van der Waals surface area contributed by atoms with Gasteiger partial charge in [-0.2, -0.15) is 4.98 Å². The molecule has 2 aromatic rings. The zero-order valence-electron chi connectivity index (χ0n) is 11.1. The Labute approximate surface area is 124 Å². The Morgan fingerprint density at radius 1 is 1.40 bits per heavy atom. The highest BCUT2D eigenvalue weighted by Crippen LogP contribution is 2.38. The third kappa shape index (κ3) is 1.92. The fourth-order valence-electron chi connectivity index (χ4n) is 2.23. The van der Waals surface area contributed by atoms with Crippen LogP contribution in [0.3, 0.4) is 0 Å². The highest BCUT2D eigenvalue weighted by molar-refractivity contribution is 9.10. The lowest BCUT2D eigenvalue weighted by molar-refractivity contribution is 0.454. The van der Waals surface area contributed by atoms with E-state index in [2.05, 4.69) is 31.2 Å². The van der Waals surface area contributed by atoms with E-state index in [1.54, 1.807) is 17.8 Å². The number of rotatable bonds is 2. The molecule has 5 nitrogen and oxygen atoms in total. The fourth-order valence-corrected chi connectivity index (χ4v) is 2.70. The Morgan fingerprint density at radius 3 is 2.90 bits per heavy atom. The molecule has 102 valence electrons. The molecule has 0 spiro atoms. The third-order valence-corrected chi connectivity index (χ3v) is 3.91. The number of allylic oxidation sites excluding steroid dienone is 1. The third-order valence-electron chi connectivity index (χ3n) is 3.27. The second-order valence-electron chi connectivity index (χ2n) is 4.45. The van der Waals surface area contributed by atoms with Crippen molar-refractivity contribution in [2.75, 3.05) is 12.4 Å². The van der Waals surface area contributed by atoms with E-state index in [1.165, 1.54) is 0 Å². The van der Waals surface area contributed by atoms with Crippen molar-refractivity contribution in [2.24, 2.45) is 12.0 Å². The molecule has 2 N–H and O–H groups in total. The lowest BCUT2D eigenvalue weighted by Crippen LogP contribution is -1.99. The minimum Gasteiger partial charge on any atom is -0.492 e. The molecule has 0 atom stereocenters. The molecule has 1 aromatic carbocycles. The number of hydrogen-bond donors (Lipinski definition) is 2. The molecule has 0 fully saturated rings. The van der Waals surface area contributed by atoms with E-state index in [-0.39, 0.29) is 5.88 Å². The van der Waals surface area contributed by atoms with Crippen molar-refractivity contribution in [3.63, 3.8) is 0 Å². The zero-order valence-corrected chi connectivity index (χ0v) is 12.6. The molecule has 20 heavy (non-hydrogen) atoms. The van der Waals surface area contributed by atoms with E-state index >= 15 is 0 Å². The van der Waals surface area contributed by atoms with Crippen LogP contribution in [0.2, 0.25) is 0 Å². The number of aromatic nitrogens is 2. The summed E-state index contributed by atoms with van der Waals surface area (Å²) in [5.41, 5.74) is 3.53. The van der Waals surface area contributed by atoms with Gasteiger partial charge in [0.25, 0.3) is 0 Å². The topological polar surface area (TPSA) is 62.4 Å². The van der Waals surface area contributed by atoms with E-state index in [4.69, 9.17) is 0 Å². The van der Waals surface area contributed by atoms with Crippen LogP contribution in [0.5, 0.6) is 5.88 Å². The van der Waals surface area contributed by atoms with E-state index in [0.717, 1.165) is 21.3 Å². The highest BCUT2D eigenvalue weighted by Gasteiger charge is 2.17. The highest BCUT2D eigenvalue weighted by atomic mass is 79.9. The van der Waals surface area contributed by atoms with E-state index < -0.39 is 0 Å². The van der Waals surface area contributed by atoms with Gasteiger partial charge in [0.1, 0.15) is 5.69 Å². The van der Waals surface area contributed by atoms with Gasteiger partial charge in [0, 0.05) is 35.9 Å². The van der Waals surface area contributed by atoms with Crippen molar-refractivity contribution in [3.05, 3.63) is 33.9 Å². The first-order chi connectivity index (χ1) is 9.61. The predicted molar refractivity (Wildman–Crippen MR) is 84.6 cm³/mol. The van der Waals surface area contributed by atoms with Gasteiger partial charge in [0.05, 0.1) is 5.69 Å². The molecular formula is C14H13BrN4O. The Morgan fingerprint density at radius 2 is 2.20 bits per heavy atom. The van der Waals surface area contributed by atoms with Gasteiger partial charge in [0.15, 0.2) is 0 Å². The summed E-state index contributed by atoms with van der Waals surface area (Å²) >= 11 is 3.49. The summed E-state index contributed by atoms with van der Waals surface area (Å²) in [5.74, 6) is 0.611. The van der Waals surface area contributed by atoms with Gasteiger partial charge < -0.3 is 15.0 Å². The van der Waals surface area contributed by atoms with Gasteiger partial charge in [0.2, 0.25) is 11.8 Å². The molecule has 0 aliphatic carbocycles. The summed E-state index contributed by atoms with van der Waals surface area (Å²) in [5, 5.41) is 12.9. The summed E-state index contributed by atoms with van der Waals surface area (Å²) in [6.07, 6.45) is 3.67. The van der Waals surface area contributed by atoms with Crippen molar-refractivity contribution >= 4 is 45.4 Å². The second kappa shape index (κ2) is 4.79. The van der Waals surface area contributed by atoms with Gasteiger partial charge in [-0.05, 0) is 28.1 Å². The number of nitrogens with one attached hydrogen (secondary N) is 1. The molecule has 0 bridgehead atoms. The van der Waals surface area contributed by atoms with Crippen LogP contribution in [-0.4, -0.2) is 27.9 Å². The number of anilines is 1. The second-order valence-corrected chi connectivity index (χ2v) is 5.30. The molecule has 0 amide bonds. The Balaban J connectivity index is 2.11. The maximum Gasteiger partial charge on any atom is 0.238 e. The first-order valence-electron chi connectivity index (χ1n) is 6.10. The summed E-state index contributed by atoms with van der Waals surface area (Å²) in [6.45, 7) is 0. The molecule has 2 heterocycles. The van der Waals surface area contributed by atoms with Crippen LogP contribution in [0.15, 0.2) is 27.7 Å².